The summed E-state index contributed by atoms with van der Waals surface area (Å²) in [6.07, 6.45) is 6.58. The first-order valence-electron chi connectivity index (χ1n) is 13.6. The molecule has 0 saturated carbocycles. The number of carbonyl (C=O) groups excluding carboxylic acids is 3. The van der Waals surface area contributed by atoms with E-state index in [1.807, 2.05) is 66.7 Å². The highest BCUT2D eigenvalue weighted by molar-refractivity contribution is 5.86. The van der Waals surface area contributed by atoms with Gasteiger partial charge in [-0.15, -0.1) is 13.2 Å². The van der Waals surface area contributed by atoms with Crippen LogP contribution in [0.15, 0.2) is 86.0 Å². The molecule has 0 aromatic heterocycles. The average molecular weight is 535 g/mol. The third kappa shape index (κ3) is 11.7. The zero-order valence-corrected chi connectivity index (χ0v) is 22.9. The van der Waals surface area contributed by atoms with Crippen LogP contribution in [0, 0.1) is 11.8 Å². The van der Waals surface area contributed by atoms with Gasteiger partial charge in [0.1, 0.15) is 6.61 Å². The molecule has 7 nitrogen and oxygen atoms in total. The predicted octanol–water partition coefficient (Wildman–Crippen LogP) is 4.68. The topological polar surface area (TPSA) is 105 Å². The molecule has 4 atom stereocenters. The van der Waals surface area contributed by atoms with E-state index in [0.29, 0.717) is 19.3 Å². The van der Waals surface area contributed by atoms with Crippen LogP contribution in [-0.2, 0) is 25.5 Å². The van der Waals surface area contributed by atoms with Crippen molar-refractivity contribution in [2.24, 2.45) is 11.8 Å². The zero-order chi connectivity index (χ0) is 28.5. The smallest absolute Gasteiger partial charge is 0.309 e. The molecule has 0 aliphatic carbocycles. The summed E-state index contributed by atoms with van der Waals surface area (Å²) in [6.45, 7) is 8.95. The van der Waals surface area contributed by atoms with Crippen molar-refractivity contribution in [3.63, 3.8) is 0 Å². The van der Waals surface area contributed by atoms with Crippen molar-refractivity contribution >= 4 is 17.8 Å². The first-order chi connectivity index (χ1) is 18.9. The second kappa shape index (κ2) is 17.7. The van der Waals surface area contributed by atoms with Gasteiger partial charge >= 0.3 is 5.97 Å². The third-order valence-electron chi connectivity index (χ3n) is 6.46. The van der Waals surface area contributed by atoms with Crippen LogP contribution in [0.25, 0.3) is 0 Å². The van der Waals surface area contributed by atoms with E-state index in [0.717, 1.165) is 24.0 Å². The minimum Gasteiger partial charge on any atom is -0.463 e. The summed E-state index contributed by atoms with van der Waals surface area (Å²) in [5.41, 5.74) is 1.85. The Balaban J connectivity index is 2.13. The van der Waals surface area contributed by atoms with Gasteiger partial charge in [0.2, 0.25) is 11.8 Å². The van der Waals surface area contributed by atoms with Crippen LogP contribution >= 0.6 is 0 Å². The zero-order valence-electron chi connectivity index (χ0n) is 22.9. The molecular weight excluding hydrogens is 492 g/mol. The monoisotopic (exact) mass is 534 g/mol. The highest BCUT2D eigenvalue weighted by Crippen LogP contribution is 2.21. The van der Waals surface area contributed by atoms with Gasteiger partial charge in [0.25, 0.3) is 0 Å². The van der Waals surface area contributed by atoms with E-state index in [1.54, 1.807) is 13.0 Å². The van der Waals surface area contributed by atoms with Gasteiger partial charge in [-0.2, -0.15) is 0 Å². The molecule has 39 heavy (non-hydrogen) atoms. The number of ether oxygens (including phenoxy) is 1. The second-order valence-corrected chi connectivity index (χ2v) is 9.78. The number of nitrogens with one attached hydrogen (secondary N) is 2. The molecule has 0 unspecified atom stereocenters. The van der Waals surface area contributed by atoms with E-state index >= 15 is 0 Å². The lowest BCUT2D eigenvalue weighted by atomic mass is 9.94. The highest BCUT2D eigenvalue weighted by Gasteiger charge is 2.27. The Bertz CT molecular complexity index is 1040. The molecule has 3 N–H and O–H groups in total. The molecule has 0 bridgehead atoms. The number of rotatable bonds is 18. The minimum absolute atomic E-state index is 0.0319. The van der Waals surface area contributed by atoms with E-state index < -0.39 is 18.0 Å². The number of aliphatic hydroxyl groups excluding tert-OH is 1. The Morgan fingerprint density at radius 2 is 1.62 bits per heavy atom. The summed E-state index contributed by atoms with van der Waals surface area (Å²) >= 11 is 0. The fraction of sp³-hybridized carbons (Fsp3) is 0.406. The number of unbranched alkanes of at least 4 members (excludes halogenated alkanes) is 1. The van der Waals surface area contributed by atoms with E-state index in [-0.39, 0.29) is 43.3 Å². The maximum Gasteiger partial charge on any atom is 0.309 e. The lowest BCUT2D eigenvalue weighted by Crippen LogP contribution is -2.41. The van der Waals surface area contributed by atoms with E-state index in [9.17, 15) is 19.5 Å². The van der Waals surface area contributed by atoms with Gasteiger partial charge in [0.05, 0.1) is 24.5 Å². The summed E-state index contributed by atoms with van der Waals surface area (Å²) in [6, 6.07) is 18.2. The first-order valence-corrected chi connectivity index (χ1v) is 13.6. The first kappa shape index (κ1) is 31.5. The van der Waals surface area contributed by atoms with Crippen molar-refractivity contribution in [1.29, 1.82) is 0 Å². The third-order valence-corrected chi connectivity index (χ3v) is 6.46. The van der Waals surface area contributed by atoms with Gasteiger partial charge in [0.15, 0.2) is 0 Å². The molecule has 2 rings (SSSR count). The number of allylic oxidation sites excluding steroid dienone is 2. The summed E-state index contributed by atoms with van der Waals surface area (Å²) < 4.78 is 5.81. The molecule has 0 heterocycles. The maximum absolute atomic E-state index is 13.3. The molecule has 0 fully saturated rings. The molecule has 0 saturated heterocycles. The van der Waals surface area contributed by atoms with Gasteiger partial charge in [-0.1, -0.05) is 72.8 Å². The van der Waals surface area contributed by atoms with Crippen molar-refractivity contribution in [3.8, 4) is 0 Å². The molecule has 2 aromatic carbocycles. The van der Waals surface area contributed by atoms with Crippen molar-refractivity contribution in [2.45, 2.75) is 57.5 Å². The van der Waals surface area contributed by atoms with Crippen molar-refractivity contribution in [2.75, 3.05) is 13.2 Å². The van der Waals surface area contributed by atoms with Crippen LogP contribution in [0.4, 0.5) is 0 Å². The van der Waals surface area contributed by atoms with E-state index in [2.05, 4.69) is 23.8 Å². The van der Waals surface area contributed by atoms with Gasteiger partial charge in [-0.3, -0.25) is 14.4 Å². The predicted molar refractivity (Wildman–Crippen MR) is 154 cm³/mol. The summed E-state index contributed by atoms with van der Waals surface area (Å²) in [5.74, 6) is -1.94. The van der Waals surface area contributed by atoms with Gasteiger partial charge in [-0.05, 0) is 50.2 Å². The largest absolute Gasteiger partial charge is 0.463 e. The number of hydrogen-bond donors (Lipinski definition) is 3. The van der Waals surface area contributed by atoms with Gasteiger partial charge < -0.3 is 20.5 Å². The molecule has 2 amide bonds. The van der Waals surface area contributed by atoms with Crippen molar-refractivity contribution in [1.82, 2.24) is 10.6 Å². The van der Waals surface area contributed by atoms with Gasteiger partial charge in [-0.25, -0.2) is 0 Å². The van der Waals surface area contributed by atoms with Crippen LogP contribution in [0.3, 0.4) is 0 Å². The van der Waals surface area contributed by atoms with Crippen molar-refractivity contribution in [3.05, 3.63) is 97.1 Å². The Morgan fingerprint density at radius 1 is 0.949 bits per heavy atom. The fourth-order valence-corrected chi connectivity index (χ4v) is 4.28. The lowest BCUT2D eigenvalue weighted by molar-refractivity contribution is -0.150. The van der Waals surface area contributed by atoms with Crippen LogP contribution in [0.2, 0.25) is 0 Å². The van der Waals surface area contributed by atoms with E-state index in [4.69, 9.17) is 4.74 Å². The maximum atomic E-state index is 13.3. The number of benzene rings is 2. The SMILES string of the molecule is C=CCCC[C@H](Cc1ccccc1)C(=O)OC[C@@H](NC(=O)[C@H](CC=C)CC(=O)N[C@@H](C)CO)c1ccccc1. The summed E-state index contributed by atoms with van der Waals surface area (Å²) in [7, 11) is 0. The molecule has 0 spiro atoms. The van der Waals surface area contributed by atoms with Crippen LogP contribution in [0.5, 0.6) is 0 Å². The summed E-state index contributed by atoms with van der Waals surface area (Å²) in [4.78, 5) is 38.9. The van der Waals surface area contributed by atoms with E-state index in [1.165, 1.54) is 0 Å². The van der Waals surface area contributed by atoms with Crippen molar-refractivity contribution < 1.29 is 24.2 Å². The average Bonchev–Trinajstić information content (AvgIpc) is 2.95. The fourth-order valence-electron chi connectivity index (χ4n) is 4.28. The Kier molecular flexibility index (Phi) is 14.3. The molecule has 0 aliphatic heterocycles. The second-order valence-electron chi connectivity index (χ2n) is 9.78. The highest BCUT2D eigenvalue weighted by atomic mass is 16.5. The molecule has 0 radical (unpaired) electrons. The summed E-state index contributed by atoms with van der Waals surface area (Å²) in [5, 5.41) is 14.9. The normalized spacial score (nSPS) is 13.8. The van der Waals surface area contributed by atoms with Crippen LogP contribution < -0.4 is 10.6 Å². The Labute approximate surface area is 232 Å². The number of esters is 1. The van der Waals surface area contributed by atoms with Crippen LogP contribution in [-0.4, -0.2) is 42.1 Å². The Hall–Kier alpha value is -3.71. The molecule has 7 heteroatoms. The van der Waals surface area contributed by atoms with Gasteiger partial charge in [0, 0.05) is 12.5 Å². The Morgan fingerprint density at radius 3 is 2.23 bits per heavy atom. The molecule has 210 valence electrons. The number of aliphatic hydroxyl groups is 1. The standard InChI is InChI=1S/C32H42N2O5/c1-4-6-9-19-28(20-25-15-10-7-11-16-25)32(38)39-23-29(26-17-12-8-13-18-26)34-31(37)27(14-5-2)21-30(36)33-24(3)22-35/h4-5,7-8,10-13,15-18,24,27-29,35H,1-2,6,9,14,19-23H2,3H3,(H,33,36)(H,34,37)/t24-,27+,28+,29+/m0/s1. The molecule has 0 aliphatic rings. The quantitative estimate of drug-likeness (QED) is 0.146. The number of hydrogen-bond acceptors (Lipinski definition) is 5. The molecular formula is C32H42N2O5. The number of carbonyl (C=O) groups is 3. The molecule has 2 aromatic rings. The van der Waals surface area contributed by atoms with Crippen LogP contribution in [0.1, 0.15) is 56.2 Å². The number of amides is 2. The lowest BCUT2D eigenvalue weighted by Gasteiger charge is -2.24. The minimum atomic E-state index is -0.653.